The largest absolute Gasteiger partial charge is 0.385 e. The molecular formula is C16H22N2O3. The number of carbonyl (C=O) groups excluding carboxylic acids is 1. The molecule has 1 amide bonds. The number of hydrogen-bond donors (Lipinski definition) is 0. The smallest absolute Gasteiger partial charge is 0.255 e. The van der Waals surface area contributed by atoms with Gasteiger partial charge in [-0.05, 0) is 37.3 Å². The van der Waals surface area contributed by atoms with E-state index in [0.29, 0.717) is 18.0 Å². The zero-order valence-electron chi connectivity index (χ0n) is 12.5. The minimum Gasteiger partial charge on any atom is -0.385 e. The molecule has 2 aliphatic rings. The van der Waals surface area contributed by atoms with E-state index < -0.39 is 0 Å². The van der Waals surface area contributed by atoms with Crippen molar-refractivity contribution in [2.45, 2.75) is 24.9 Å². The molecule has 0 saturated carbocycles. The third-order valence-electron chi connectivity index (χ3n) is 4.53. The first-order valence-corrected chi connectivity index (χ1v) is 7.55. The first-order chi connectivity index (χ1) is 10.2. The molecule has 0 radical (unpaired) electrons. The van der Waals surface area contributed by atoms with Crippen LogP contribution in [0.4, 0.5) is 0 Å². The normalized spacial score (nSPS) is 28.4. The summed E-state index contributed by atoms with van der Waals surface area (Å²) in [5.74, 6) is 0.613. The Kier molecular flexibility index (Phi) is 4.22. The maximum atomic E-state index is 12.5. The van der Waals surface area contributed by atoms with Crippen LogP contribution < -0.4 is 0 Å². The molecule has 3 rings (SSSR count). The average Bonchev–Trinajstić information content (AvgIpc) is 3.13. The highest BCUT2D eigenvalue weighted by molar-refractivity contribution is 5.94. The van der Waals surface area contributed by atoms with E-state index in [1.165, 1.54) is 0 Å². The maximum Gasteiger partial charge on any atom is 0.255 e. The summed E-state index contributed by atoms with van der Waals surface area (Å²) in [5.41, 5.74) is 0.527. The van der Waals surface area contributed by atoms with Crippen LogP contribution in [0.5, 0.6) is 0 Å². The van der Waals surface area contributed by atoms with Gasteiger partial charge >= 0.3 is 0 Å². The second-order valence-electron chi connectivity index (χ2n) is 6.06. The van der Waals surface area contributed by atoms with Gasteiger partial charge in [0.1, 0.15) is 0 Å². The lowest BCUT2D eigenvalue weighted by atomic mass is 9.92. The van der Waals surface area contributed by atoms with E-state index in [1.54, 1.807) is 25.6 Å². The van der Waals surface area contributed by atoms with Crippen molar-refractivity contribution in [1.82, 2.24) is 9.88 Å². The predicted molar refractivity (Wildman–Crippen MR) is 78.0 cm³/mol. The molecule has 2 saturated heterocycles. The molecule has 2 atom stereocenters. The molecule has 0 bridgehead atoms. The van der Waals surface area contributed by atoms with E-state index >= 15 is 0 Å². The van der Waals surface area contributed by atoms with Gasteiger partial charge in [0.2, 0.25) is 0 Å². The van der Waals surface area contributed by atoms with Crippen LogP contribution in [0.25, 0.3) is 0 Å². The molecule has 1 spiro atoms. The molecule has 2 fully saturated rings. The number of carbonyl (C=O) groups is 1. The highest BCUT2D eigenvalue weighted by Gasteiger charge is 2.46. The average molecular weight is 290 g/mol. The zero-order chi connectivity index (χ0) is 14.7. The Morgan fingerprint density at radius 1 is 1.62 bits per heavy atom. The van der Waals surface area contributed by atoms with Crippen molar-refractivity contribution in [2.24, 2.45) is 5.92 Å². The fourth-order valence-electron chi connectivity index (χ4n) is 3.38. The molecule has 1 aromatic rings. The van der Waals surface area contributed by atoms with Crippen molar-refractivity contribution in [3.05, 3.63) is 30.1 Å². The van der Waals surface area contributed by atoms with Crippen molar-refractivity contribution in [2.75, 3.05) is 33.4 Å². The van der Waals surface area contributed by atoms with E-state index in [-0.39, 0.29) is 11.5 Å². The third-order valence-corrected chi connectivity index (χ3v) is 4.53. The van der Waals surface area contributed by atoms with Crippen LogP contribution in [-0.2, 0) is 9.47 Å². The van der Waals surface area contributed by atoms with E-state index in [9.17, 15) is 4.79 Å². The summed E-state index contributed by atoms with van der Waals surface area (Å²) in [6.07, 6.45) is 6.32. The number of aromatic nitrogens is 1. The predicted octanol–water partition coefficient (Wildman–Crippen LogP) is 1.74. The zero-order valence-corrected chi connectivity index (χ0v) is 12.5. The van der Waals surface area contributed by atoms with Crippen LogP contribution in [0.15, 0.2) is 24.5 Å². The van der Waals surface area contributed by atoms with E-state index in [0.717, 1.165) is 39.0 Å². The van der Waals surface area contributed by atoms with Gasteiger partial charge in [-0.3, -0.25) is 9.78 Å². The van der Waals surface area contributed by atoms with E-state index in [1.807, 2.05) is 11.0 Å². The number of amides is 1. The highest BCUT2D eigenvalue weighted by Crippen LogP contribution is 2.39. The summed E-state index contributed by atoms with van der Waals surface area (Å²) < 4.78 is 11.2. The van der Waals surface area contributed by atoms with Crippen LogP contribution in [0, 0.1) is 5.92 Å². The highest BCUT2D eigenvalue weighted by atomic mass is 16.5. The minimum atomic E-state index is -0.129. The first kappa shape index (κ1) is 14.5. The van der Waals surface area contributed by atoms with Crippen molar-refractivity contribution < 1.29 is 14.3 Å². The van der Waals surface area contributed by atoms with Crippen molar-refractivity contribution in [1.29, 1.82) is 0 Å². The molecule has 0 aliphatic carbocycles. The van der Waals surface area contributed by atoms with Crippen LogP contribution in [0.2, 0.25) is 0 Å². The van der Waals surface area contributed by atoms with E-state index in [4.69, 9.17) is 9.47 Å². The fraction of sp³-hybridized carbons (Fsp3) is 0.625. The van der Waals surface area contributed by atoms with Gasteiger partial charge in [-0.15, -0.1) is 0 Å². The summed E-state index contributed by atoms with van der Waals surface area (Å²) in [7, 11) is 1.73. The quantitative estimate of drug-likeness (QED) is 0.847. The maximum absolute atomic E-state index is 12.5. The van der Waals surface area contributed by atoms with Gasteiger partial charge in [-0.2, -0.15) is 0 Å². The molecule has 5 nitrogen and oxygen atoms in total. The lowest BCUT2D eigenvalue weighted by Gasteiger charge is -2.23. The molecule has 21 heavy (non-hydrogen) atoms. The number of nitrogens with zero attached hydrogens (tertiary/aromatic N) is 2. The summed E-state index contributed by atoms with van der Waals surface area (Å²) in [5, 5.41) is 0. The van der Waals surface area contributed by atoms with Crippen LogP contribution >= 0.6 is 0 Å². The number of rotatable bonds is 4. The van der Waals surface area contributed by atoms with Crippen LogP contribution in [0.3, 0.4) is 0 Å². The number of ether oxygens (including phenoxy) is 2. The first-order valence-electron chi connectivity index (χ1n) is 7.55. The minimum absolute atomic E-state index is 0.0592. The van der Waals surface area contributed by atoms with Gasteiger partial charge in [0.05, 0.1) is 24.3 Å². The van der Waals surface area contributed by atoms with Gasteiger partial charge in [0, 0.05) is 32.7 Å². The summed E-state index contributed by atoms with van der Waals surface area (Å²) in [6.45, 7) is 3.04. The SMILES string of the molecule is COCCC1COC2(CCN(C(=O)c3cccnc3)C2)C1. The Morgan fingerprint density at radius 2 is 2.52 bits per heavy atom. The van der Waals surface area contributed by atoms with Gasteiger partial charge in [-0.25, -0.2) is 0 Å². The summed E-state index contributed by atoms with van der Waals surface area (Å²) in [4.78, 5) is 18.4. The fourth-order valence-corrected chi connectivity index (χ4v) is 3.38. The van der Waals surface area contributed by atoms with Crippen LogP contribution in [-0.4, -0.2) is 54.8 Å². The number of likely N-dealkylation sites (tertiary alicyclic amines) is 1. The topological polar surface area (TPSA) is 51.7 Å². The van der Waals surface area contributed by atoms with Crippen molar-refractivity contribution in [3.8, 4) is 0 Å². The summed E-state index contributed by atoms with van der Waals surface area (Å²) in [6, 6.07) is 3.61. The second kappa shape index (κ2) is 6.12. The molecular weight excluding hydrogens is 268 g/mol. The molecule has 2 aliphatic heterocycles. The van der Waals surface area contributed by atoms with Crippen molar-refractivity contribution in [3.63, 3.8) is 0 Å². The molecule has 2 unspecified atom stereocenters. The second-order valence-corrected chi connectivity index (χ2v) is 6.06. The lowest BCUT2D eigenvalue weighted by molar-refractivity contribution is 0.0113. The third kappa shape index (κ3) is 3.09. The molecule has 1 aromatic heterocycles. The van der Waals surface area contributed by atoms with Gasteiger partial charge in [0.15, 0.2) is 0 Å². The monoisotopic (exact) mass is 290 g/mol. The Morgan fingerprint density at radius 3 is 3.29 bits per heavy atom. The molecule has 5 heteroatoms. The molecule has 0 aromatic carbocycles. The number of pyridine rings is 1. The lowest BCUT2D eigenvalue weighted by Crippen LogP contribution is -2.35. The Labute approximate surface area is 125 Å². The molecule has 114 valence electrons. The van der Waals surface area contributed by atoms with Gasteiger partial charge in [0.25, 0.3) is 5.91 Å². The van der Waals surface area contributed by atoms with Gasteiger partial charge < -0.3 is 14.4 Å². The Balaban J connectivity index is 1.60. The van der Waals surface area contributed by atoms with Crippen LogP contribution in [0.1, 0.15) is 29.6 Å². The van der Waals surface area contributed by atoms with Gasteiger partial charge in [-0.1, -0.05) is 0 Å². The number of methoxy groups -OCH3 is 1. The Bertz CT molecular complexity index is 494. The van der Waals surface area contributed by atoms with E-state index in [2.05, 4.69) is 4.98 Å². The number of hydrogen-bond acceptors (Lipinski definition) is 4. The van der Waals surface area contributed by atoms with Crippen molar-refractivity contribution >= 4 is 5.91 Å². The standard InChI is InChI=1S/C16H22N2O3/c1-20-8-4-13-9-16(21-11-13)5-7-18(12-16)15(19)14-3-2-6-17-10-14/h2-3,6,10,13H,4-5,7-9,11-12H2,1H3. The summed E-state index contributed by atoms with van der Waals surface area (Å²) >= 11 is 0. The molecule has 0 N–H and O–H groups in total. The Hall–Kier alpha value is -1.46. The molecule has 3 heterocycles.